The van der Waals surface area contributed by atoms with E-state index in [9.17, 15) is 4.39 Å². The Hall–Kier alpha value is -2.45. The van der Waals surface area contributed by atoms with E-state index >= 15 is 0 Å². The summed E-state index contributed by atoms with van der Waals surface area (Å²) in [5.41, 5.74) is 1.72. The van der Waals surface area contributed by atoms with E-state index < -0.39 is 5.82 Å². The second-order valence-corrected chi connectivity index (χ2v) is 4.39. The molecule has 0 bridgehead atoms. The molecule has 0 N–H and O–H groups in total. The van der Waals surface area contributed by atoms with Gasteiger partial charge >= 0.3 is 0 Å². The van der Waals surface area contributed by atoms with Crippen LogP contribution in [0.4, 0.5) is 4.39 Å². The van der Waals surface area contributed by atoms with Crippen LogP contribution in [-0.2, 0) is 5.88 Å². The number of hydrogen-bond donors (Lipinski definition) is 0. The van der Waals surface area contributed by atoms with Gasteiger partial charge in [-0.25, -0.2) is 14.4 Å². The third kappa shape index (κ3) is 1.91. The molecule has 0 saturated heterocycles. The average molecular weight is 287 g/mol. The van der Waals surface area contributed by atoms with Crippen molar-refractivity contribution in [2.45, 2.75) is 5.88 Å². The Bertz CT molecular complexity index is 835. The standard InChI is InChI=1S/C14H8ClFN4/c15-7-13-19-11-2-1-5-18-14(11)20(13)12-4-3-9(8-17)6-10(12)16/h1-6H,7H2. The molecule has 0 amide bonds. The SMILES string of the molecule is N#Cc1ccc(-n2c(CCl)nc3cccnc32)c(F)c1. The van der Waals surface area contributed by atoms with E-state index in [1.165, 1.54) is 12.1 Å². The van der Waals surface area contributed by atoms with Crippen molar-refractivity contribution in [1.29, 1.82) is 5.26 Å². The van der Waals surface area contributed by atoms with Crippen molar-refractivity contribution < 1.29 is 4.39 Å². The fourth-order valence-corrected chi connectivity index (χ4v) is 2.24. The van der Waals surface area contributed by atoms with Crippen LogP contribution in [0.15, 0.2) is 36.5 Å². The first kappa shape index (κ1) is 12.6. The molecule has 0 radical (unpaired) electrons. The van der Waals surface area contributed by atoms with Crippen LogP contribution in [0.25, 0.3) is 16.9 Å². The fourth-order valence-electron chi connectivity index (χ4n) is 2.06. The summed E-state index contributed by atoms with van der Waals surface area (Å²) in [7, 11) is 0. The van der Waals surface area contributed by atoms with Gasteiger partial charge in [-0.1, -0.05) is 0 Å². The summed E-state index contributed by atoms with van der Waals surface area (Å²) in [4.78, 5) is 8.55. The number of alkyl halides is 1. The maximum atomic E-state index is 14.2. The van der Waals surface area contributed by atoms with E-state index in [0.717, 1.165) is 0 Å². The van der Waals surface area contributed by atoms with E-state index in [1.807, 2.05) is 6.07 Å². The van der Waals surface area contributed by atoms with Crippen LogP contribution in [0.2, 0.25) is 0 Å². The monoisotopic (exact) mass is 286 g/mol. The van der Waals surface area contributed by atoms with Gasteiger partial charge in [0.05, 0.1) is 23.2 Å². The van der Waals surface area contributed by atoms with Gasteiger partial charge in [0, 0.05) is 6.20 Å². The molecule has 6 heteroatoms. The summed E-state index contributed by atoms with van der Waals surface area (Å²) in [6, 6.07) is 9.70. The van der Waals surface area contributed by atoms with Gasteiger partial charge in [0.1, 0.15) is 17.2 Å². The molecule has 2 aromatic heterocycles. The highest BCUT2D eigenvalue weighted by molar-refractivity contribution is 6.16. The molecule has 3 aromatic rings. The molecule has 0 unspecified atom stereocenters. The predicted molar refractivity (Wildman–Crippen MR) is 73.1 cm³/mol. The van der Waals surface area contributed by atoms with Gasteiger partial charge in [-0.05, 0) is 30.3 Å². The summed E-state index contributed by atoms with van der Waals surface area (Å²) < 4.78 is 15.7. The van der Waals surface area contributed by atoms with Crippen LogP contribution in [0.5, 0.6) is 0 Å². The van der Waals surface area contributed by atoms with Crippen molar-refractivity contribution in [2.24, 2.45) is 0 Å². The molecule has 98 valence electrons. The lowest BCUT2D eigenvalue weighted by molar-refractivity contribution is 0.617. The molecule has 0 atom stereocenters. The summed E-state index contributed by atoms with van der Waals surface area (Å²) in [6.07, 6.45) is 1.61. The van der Waals surface area contributed by atoms with Crippen LogP contribution in [0.3, 0.4) is 0 Å². The number of imidazole rings is 1. The molecule has 0 aliphatic heterocycles. The van der Waals surface area contributed by atoms with Gasteiger partial charge in [-0.15, -0.1) is 11.6 Å². The van der Waals surface area contributed by atoms with E-state index in [0.29, 0.717) is 17.0 Å². The number of nitriles is 1. The zero-order chi connectivity index (χ0) is 14.1. The highest BCUT2D eigenvalue weighted by Gasteiger charge is 2.15. The van der Waals surface area contributed by atoms with Crippen molar-refractivity contribution in [3.8, 4) is 11.8 Å². The topological polar surface area (TPSA) is 54.5 Å². The third-order valence-electron chi connectivity index (χ3n) is 2.92. The van der Waals surface area contributed by atoms with Crippen molar-refractivity contribution in [1.82, 2.24) is 14.5 Å². The van der Waals surface area contributed by atoms with E-state index in [1.54, 1.807) is 29.0 Å². The Morgan fingerprint density at radius 1 is 1.35 bits per heavy atom. The van der Waals surface area contributed by atoms with Crippen LogP contribution in [0, 0.1) is 17.1 Å². The first-order chi connectivity index (χ1) is 9.74. The molecule has 3 rings (SSSR count). The highest BCUT2D eigenvalue weighted by Crippen LogP contribution is 2.23. The number of hydrogen-bond acceptors (Lipinski definition) is 3. The Balaban J connectivity index is 2.31. The molecule has 2 heterocycles. The number of pyridine rings is 1. The zero-order valence-electron chi connectivity index (χ0n) is 10.2. The fraction of sp³-hybridized carbons (Fsp3) is 0.0714. The highest BCUT2D eigenvalue weighted by atomic mass is 35.5. The van der Waals surface area contributed by atoms with Gasteiger partial charge in [0.25, 0.3) is 0 Å². The number of rotatable bonds is 2. The van der Waals surface area contributed by atoms with Gasteiger partial charge in [0.2, 0.25) is 0 Å². The predicted octanol–water partition coefficient (Wildman–Crippen LogP) is 3.17. The normalized spacial score (nSPS) is 10.7. The van der Waals surface area contributed by atoms with Gasteiger partial charge < -0.3 is 0 Å². The summed E-state index contributed by atoms with van der Waals surface area (Å²) in [5.74, 6) is 0.125. The maximum absolute atomic E-state index is 14.2. The summed E-state index contributed by atoms with van der Waals surface area (Å²) >= 11 is 5.88. The lowest BCUT2D eigenvalue weighted by Gasteiger charge is -2.08. The lowest BCUT2D eigenvalue weighted by Crippen LogP contribution is -2.03. The summed E-state index contributed by atoms with van der Waals surface area (Å²) in [6.45, 7) is 0. The van der Waals surface area contributed by atoms with Crippen molar-refractivity contribution in [3.05, 3.63) is 53.7 Å². The Kier molecular flexibility index (Phi) is 3.09. The minimum atomic E-state index is -0.514. The number of benzene rings is 1. The first-order valence-corrected chi connectivity index (χ1v) is 6.36. The second-order valence-electron chi connectivity index (χ2n) is 4.12. The van der Waals surface area contributed by atoms with Gasteiger partial charge in [-0.3, -0.25) is 4.57 Å². The smallest absolute Gasteiger partial charge is 0.164 e. The van der Waals surface area contributed by atoms with Crippen molar-refractivity contribution in [2.75, 3.05) is 0 Å². The van der Waals surface area contributed by atoms with Crippen LogP contribution in [0.1, 0.15) is 11.4 Å². The third-order valence-corrected chi connectivity index (χ3v) is 3.16. The van der Waals surface area contributed by atoms with Gasteiger partial charge in [0.15, 0.2) is 5.65 Å². The Labute approximate surface area is 119 Å². The lowest BCUT2D eigenvalue weighted by atomic mass is 10.2. The molecule has 0 fully saturated rings. The average Bonchev–Trinajstić information content (AvgIpc) is 2.85. The molecule has 0 saturated carbocycles. The minimum Gasteiger partial charge on any atom is -0.277 e. The molecule has 0 aliphatic carbocycles. The first-order valence-electron chi connectivity index (χ1n) is 5.83. The van der Waals surface area contributed by atoms with Gasteiger partial charge in [-0.2, -0.15) is 5.26 Å². The molecular weight excluding hydrogens is 279 g/mol. The Morgan fingerprint density at radius 3 is 2.90 bits per heavy atom. The second kappa shape index (κ2) is 4.91. The Morgan fingerprint density at radius 2 is 2.20 bits per heavy atom. The number of nitrogens with zero attached hydrogens (tertiary/aromatic N) is 4. The molecule has 0 aliphatic rings. The zero-order valence-corrected chi connectivity index (χ0v) is 11.0. The number of aromatic nitrogens is 3. The number of fused-ring (bicyclic) bond motifs is 1. The maximum Gasteiger partial charge on any atom is 0.164 e. The largest absolute Gasteiger partial charge is 0.277 e. The van der Waals surface area contributed by atoms with Crippen LogP contribution >= 0.6 is 11.6 Å². The van der Waals surface area contributed by atoms with E-state index in [2.05, 4.69) is 9.97 Å². The van der Waals surface area contributed by atoms with Crippen molar-refractivity contribution >= 4 is 22.8 Å². The molecule has 20 heavy (non-hydrogen) atoms. The van der Waals surface area contributed by atoms with E-state index in [-0.39, 0.29) is 17.1 Å². The number of halogens is 2. The van der Waals surface area contributed by atoms with Crippen LogP contribution < -0.4 is 0 Å². The van der Waals surface area contributed by atoms with Crippen LogP contribution in [-0.4, -0.2) is 14.5 Å². The summed E-state index contributed by atoms with van der Waals surface area (Å²) in [5, 5.41) is 8.79. The molecule has 1 aromatic carbocycles. The van der Waals surface area contributed by atoms with E-state index in [4.69, 9.17) is 16.9 Å². The molecule has 0 spiro atoms. The molecule has 4 nitrogen and oxygen atoms in total. The molecular formula is C14H8ClFN4. The van der Waals surface area contributed by atoms with Crippen molar-refractivity contribution in [3.63, 3.8) is 0 Å². The quantitative estimate of drug-likeness (QED) is 0.680. The minimum absolute atomic E-state index is 0.135.